The molecule has 20 heteroatoms. The fourth-order valence-corrected chi connectivity index (χ4v) is 25.5. The van der Waals surface area contributed by atoms with Crippen molar-refractivity contribution in [1.29, 1.82) is 0 Å². The Balaban J connectivity index is 0.000000111. The van der Waals surface area contributed by atoms with Gasteiger partial charge < -0.3 is 0 Å². The molecular formula is C99H120N10O10. The van der Waals surface area contributed by atoms with Gasteiger partial charge in [-0.15, -0.1) is 0 Å². The van der Waals surface area contributed by atoms with E-state index in [0.717, 1.165) is 95.8 Å². The van der Waals surface area contributed by atoms with Crippen LogP contribution in [0.15, 0.2) is 171 Å². The van der Waals surface area contributed by atoms with Crippen LogP contribution >= 0.6 is 0 Å². The lowest BCUT2D eigenvalue weighted by Gasteiger charge is -2.35. The number of Topliss-reactive ketones (excluding diaryl/α,β-unsaturated/α-hetero) is 5. The zero-order chi connectivity index (χ0) is 83.8. The van der Waals surface area contributed by atoms with Crippen LogP contribution in [0.3, 0.4) is 0 Å². The lowest BCUT2D eigenvalue weighted by atomic mass is 9.66. The fourth-order valence-electron chi connectivity index (χ4n) is 25.5. The van der Waals surface area contributed by atoms with Gasteiger partial charge in [0.25, 0.3) is 29.5 Å². The van der Waals surface area contributed by atoms with Crippen molar-refractivity contribution in [3.63, 3.8) is 0 Å². The largest absolute Gasteiger partial charge is 0.292 e. The molecule has 14 unspecified atom stereocenters. The minimum absolute atomic E-state index is 0.0112. The summed E-state index contributed by atoms with van der Waals surface area (Å²) in [4.78, 5) is 128. The third-order valence-electron chi connectivity index (χ3n) is 32.9. The van der Waals surface area contributed by atoms with Crippen molar-refractivity contribution < 1.29 is 47.9 Å². The van der Waals surface area contributed by atoms with Gasteiger partial charge in [0.1, 0.15) is 32.7 Å². The van der Waals surface area contributed by atoms with Crippen molar-refractivity contribution in [1.82, 2.24) is 25.0 Å². The smallest absolute Gasteiger partial charge is 0.255 e. The molecule has 4 aromatic carbocycles. The number of hydrogen-bond donors (Lipinski definition) is 0. The number of carbonyl (C=O) groups is 10. The van der Waals surface area contributed by atoms with Crippen molar-refractivity contribution in [2.45, 2.75) is 204 Å². The Morgan fingerprint density at radius 3 is 0.664 bits per heavy atom. The molecule has 16 aliphatic rings. The van der Waals surface area contributed by atoms with E-state index in [-0.39, 0.29) is 91.2 Å². The highest BCUT2D eigenvalue weighted by molar-refractivity contribution is 6.17. The van der Waals surface area contributed by atoms with Crippen molar-refractivity contribution >= 4 is 87.0 Å². The van der Waals surface area contributed by atoms with E-state index in [9.17, 15) is 47.9 Å². The van der Waals surface area contributed by atoms with E-state index in [0.29, 0.717) is 87.9 Å². The fraction of sp³-hybridized carbons (Fsp3) is 0.566. The molecule has 10 bridgehead atoms. The number of hydrazone groups is 5. The van der Waals surface area contributed by atoms with Gasteiger partial charge in [-0.3, -0.25) is 47.9 Å². The molecule has 0 radical (unpaired) electrons. The molecular weight excluding hydrogens is 1490 g/mol. The van der Waals surface area contributed by atoms with Crippen molar-refractivity contribution in [2.75, 3.05) is 32.7 Å². The zero-order valence-electron chi connectivity index (χ0n) is 71.4. The summed E-state index contributed by atoms with van der Waals surface area (Å²) >= 11 is 0. The Kier molecular flexibility index (Phi) is 23.1. The summed E-state index contributed by atoms with van der Waals surface area (Å²) < 4.78 is 0. The van der Waals surface area contributed by atoms with Gasteiger partial charge in [0.2, 0.25) is 0 Å². The van der Waals surface area contributed by atoms with Crippen LogP contribution in [0, 0.1) is 116 Å². The molecule has 626 valence electrons. The number of ketones is 5. The Hall–Kier alpha value is -9.59. The molecule has 0 N–H and O–H groups in total. The third-order valence-corrected chi connectivity index (χ3v) is 32.9. The van der Waals surface area contributed by atoms with E-state index in [1.165, 1.54) is 121 Å². The SMILES string of the molecule is CC1=NN(CC(=O)C2=CC=CC2)C(=O)[C@]1(C)C1CC2CCC1C2.CC1=NN(CC(=O)c2ccccc2)C(=O)C1(C)[C@@H]1CC2CCC1C2.CC1=NN(CC(=O)c2ccccc2)C(=O)C1(C)[C@H]1CC2CCC1C2.CC1=NN(CC(=O)c2ccccc2)C(=O)[C@]1(C)C1CC2CCC1C2.CC1=NN(CC(=O)c2ccccc2)C(=O)[C@]1(C)[C@H]1CC2CCC1C2. The van der Waals surface area contributed by atoms with E-state index < -0.39 is 27.1 Å². The summed E-state index contributed by atoms with van der Waals surface area (Å²) in [6.07, 6.45) is 31.3. The van der Waals surface area contributed by atoms with Crippen LogP contribution in [-0.4, -0.2) is 145 Å². The minimum Gasteiger partial charge on any atom is -0.292 e. The third kappa shape index (κ3) is 15.2. The van der Waals surface area contributed by atoms with Gasteiger partial charge in [-0.1, -0.05) is 172 Å². The van der Waals surface area contributed by atoms with E-state index in [1.54, 1.807) is 48.5 Å². The van der Waals surface area contributed by atoms with Crippen LogP contribution in [-0.2, 0) is 28.8 Å². The maximum Gasteiger partial charge on any atom is 0.255 e. The molecule has 5 amide bonds. The van der Waals surface area contributed by atoms with Crippen LogP contribution in [0.1, 0.15) is 246 Å². The zero-order valence-corrected chi connectivity index (χ0v) is 71.4. The predicted molar refractivity (Wildman–Crippen MR) is 459 cm³/mol. The summed E-state index contributed by atoms with van der Waals surface area (Å²) in [5.74, 6) is 9.08. The first-order chi connectivity index (χ1) is 57.0. The summed E-state index contributed by atoms with van der Waals surface area (Å²) in [7, 11) is 0. The number of nitrogens with zero attached hydrogens (tertiary/aromatic N) is 10. The standard InChI is InChI=1S/4C20H24N2O2.C19H24N2O2/c4*1-13-20(2,17-11-14-8-9-16(17)10-14)19(24)22(21-13)12-18(23)15-6-4-3-5-7-15;1-12-19(2,16-10-13-7-8-15(16)9-13)18(23)21(20-12)11-17(22)14-5-3-4-6-14/h4*3-7,14,16-17H,8-12H2,1-2H3;3-5,13,15-16H,6-11H2,1-2H3/t14?,16?,17?,20-;2*14?,16?,17-,20?;14?,16?,17-,20-;13?,15?,16?,19-/m01000/s1. The number of benzene rings is 4. The highest BCUT2D eigenvalue weighted by atomic mass is 16.2. The van der Waals surface area contributed by atoms with Crippen LogP contribution in [0.25, 0.3) is 0 Å². The van der Waals surface area contributed by atoms with E-state index in [2.05, 4.69) is 32.4 Å². The Morgan fingerprint density at radius 1 is 0.294 bits per heavy atom. The maximum absolute atomic E-state index is 13.1. The molecule has 5 heterocycles. The van der Waals surface area contributed by atoms with Crippen molar-refractivity contribution in [3.05, 3.63) is 167 Å². The summed E-state index contributed by atoms with van der Waals surface area (Å²) in [5, 5.41) is 29.6. The minimum atomic E-state index is -0.517. The summed E-state index contributed by atoms with van der Waals surface area (Å²) in [5.41, 5.74) is 5.15. The van der Waals surface area contributed by atoms with Gasteiger partial charge in [-0.25, -0.2) is 25.0 Å². The molecule has 20 rings (SSSR count). The second-order valence-electron chi connectivity index (χ2n) is 39.1. The Labute approximate surface area is 701 Å². The van der Waals surface area contributed by atoms with Crippen LogP contribution in [0.2, 0.25) is 0 Å². The highest BCUT2D eigenvalue weighted by Gasteiger charge is 2.63. The molecule has 0 aromatic heterocycles. The highest BCUT2D eigenvalue weighted by Crippen LogP contribution is 2.62. The number of hydrogen-bond acceptors (Lipinski definition) is 15. The number of fused-ring (bicyclic) bond motifs is 10. The van der Waals surface area contributed by atoms with Crippen LogP contribution in [0.4, 0.5) is 0 Å². The maximum atomic E-state index is 13.1. The second-order valence-corrected chi connectivity index (χ2v) is 39.1. The Bertz CT molecular complexity index is 4420. The van der Waals surface area contributed by atoms with E-state index >= 15 is 0 Å². The number of carbonyl (C=O) groups excluding carboxylic acids is 10. The molecule has 10 fully saturated rings. The normalized spacial score (nSPS) is 35.5. The van der Waals surface area contributed by atoms with Gasteiger partial charge in [0.05, 0.1) is 55.6 Å². The number of rotatable bonds is 20. The first-order valence-electron chi connectivity index (χ1n) is 44.6. The molecule has 0 saturated heterocycles. The Morgan fingerprint density at radius 2 is 0.496 bits per heavy atom. The molecule has 20 nitrogen and oxygen atoms in total. The first-order valence-corrected chi connectivity index (χ1v) is 44.6. The molecule has 10 saturated carbocycles. The molecule has 5 aliphatic heterocycles. The number of amides is 5. The lowest BCUT2D eigenvalue weighted by Crippen LogP contribution is -2.45. The van der Waals surface area contributed by atoms with E-state index in [1.807, 2.05) is 153 Å². The average molecular weight is 1610 g/mol. The number of allylic oxidation sites excluding steroid dienone is 3. The molecule has 20 atom stereocenters. The predicted octanol–water partition coefficient (Wildman–Crippen LogP) is 17.2. The van der Waals surface area contributed by atoms with Gasteiger partial charge >= 0.3 is 0 Å². The quantitative estimate of drug-likeness (QED) is 0.0757. The molecule has 0 spiro atoms. The lowest BCUT2D eigenvalue weighted by molar-refractivity contribution is -0.140. The molecule has 11 aliphatic carbocycles. The van der Waals surface area contributed by atoms with Gasteiger partial charge in [-0.05, 0) is 261 Å². The van der Waals surface area contributed by atoms with E-state index in [4.69, 9.17) is 0 Å². The first kappa shape index (κ1) is 83.1. The summed E-state index contributed by atoms with van der Waals surface area (Å²) in [6, 6.07) is 36.5. The monoisotopic (exact) mass is 1610 g/mol. The second kappa shape index (κ2) is 33.1. The van der Waals surface area contributed by atoms with Crippen molar-refractivity contribution in [2.24, 2.45) is 141 Å². The van der Waals surface area contributed by atoms with Gasteiger partial charge in [-0.2, -0.15) is 25.5 Å². The average Bonchev–Trinajstić information content (AvgIpc) is 1.61. The summed E-state index contributed by atoms with van der Waals surface area (Å²) in [6.45, 7) is 20.3. The molecule has 4 aromatic rings. The van der Waals surface area contributed by atoms with Gasteiger partial charge in [0.15, 0.2) is 28.9 Å². The van der Waals surface area contributed by atoms with Crippen molar-refractivity contribution in [3.8, 4) is 0 Å². The molecule has 119 heavy (non-hydrogen) atoms. The topological polar surface area (TPSA) is 249 Å². The van der Waals surface area contributed by atoms with Crippen LogP contribution in [0.5, 0.6) is 0 Å². The van der Waals surface area contributed by atoms with Gasteiger partial charge in [0, 0.05) is 27.8 Å². The van der Waals surface area contributed by atoms with Crippen LogP contribution < -0.4 is 0 Å².